The van der Waals surface area contributed by atoms with Crippen molar-refractivity contribution < 1.29 is 5.11 Å². The van der Waals surface area contributed by atoms with Crippen LogP contribution >= 0.6 is 11.6 Å². The Labute approximate surface area is 72.2 Å². The molecule has 0 aliphatic heterocycles. The number of hydrogen-bond donors (Lipinski definition) is 1. The van der Waals surface area contributed by atoms with E-state index >= 15 is 0 Å². The highest BCUT2D eigenvalue weighted by molar-refractivity contribution is 6.52. The Morgan fingerprint density at radius 1 is 1.55 bits per heavy atom. The zero-order valence-electron chi connectivity index (χ0n) is 6.34. The zero-order chi connectivity index (χ0) is 8.27. The van der Waals surface area contributed by atoms with Crippen molar-refractivity contribution in [2.24, 2.45) is 0 Å². The highest BCUT2D eigenvalue weighted by atomic mass is 35.5. The van der Waals surface area contributed by atoms with Crippen molar-refractivity contribution >= 4 is 24.3 Å². The minimum absolute atomic E-state index is 0.0419. The van der Waals surface area contributed by atoms with E-state index in [-0.39, 0.29) is 6.61 Å². The summed E-state index contributed by atoms with van der Waals surface area (Å²) < 4.78 is 0. The van der Waals surface area contributed by atoms with E-state index in [1.165, 1.54) is 0 Å². The molecule has 1 N–H and O–H groups in total. The van der Waals surface area contributed by atoms with Gasteiger partial charge in [-0.25, -0.2) is 0 Å². The van der Waals surface area contributed by atoms with Crippen LogP contribution in [0.1, 0.15) is 5.56 Å². The summed E-state index contributed by atoms with van der Waals surface area (Å²) in [5.41, 5.74) is 1.91. The first-order chi connectivity index (χ1) is 5.27. The van der Waals surface area contributed by atoms with Gasteiger partial charge < -0.3 is 5.11 Å². The lowest BCUT2D eigenvalue weighted by atomic mass is 9.71. The minimum atomic E-state index is 0.0419. The Balaban J connectivity index is 3.06. The number of hydrogen-bond acceptors (Lipinski definition) is 1. The normalized spacial score (nSPS) is 9.73. The van der Waals surface area contributed by atoms with Gasteiger partial charge in [0.25, 0.3) is 0 Å². The molecule has 0 fully saturated rings. The summed E-state index contributed by atoms with van der Waals surface area (Å²) in [5, 5.41) is 9.56. The molecule has 0 amide bonds. The van der Waals surface area contributed by atoms with Crippen LogP contribution in [0.25, 0.3) is 0 Å². The van der Waals surface area contributed by atoms with Gasteiger partial charge in [-0.2, -0.15) is 0 Å². The van der Waals surface area contributed by atoms with Crippen LogP contribution in [0.15, 0.2) is 18.2 Å². The molecule has 0 heterocycles. The highest BCUT2D eigenvalue weighted by Crippen LogP contribution is 2.08. The summed E-state index contributed by atoms with van der Waals surface area (Å²) in [7, 11) is 1.95. The first kappa shape index (κ1) is 8.63. The monoisotopic (exact) mass is 167 g/mol. The van der Waals surface area contributed by atoms with E-state index in [0.29, 0.717) is 5.02 Å². The van der Waals surface area contributed by atoms with Crippen molar-refractivity contribution in [1.82, 2.24) is 0 Å². The van der Waals surface area contributed by atoms with Crippen molar-refractivity contribution in [3.63, 3.8) is 0 Å². The fraction of sp³-hybridized carbons (Fsp3) is 0.250. The molecule has 0 atom stereocenters. The average molecular weight is 167 g/mol. The van der Waals surface area contributed by atoms with Crippen LogP contribution in [-0.2, 0) is 6.61 Å². The summed E-state index contributed by atoms with van der Waals surface area (Å²) in [6, 6.07) is 5.49. The molecular formula is C8H9BClO. The lowest BCUT2D eigenvalue weighted by Gasteiger charge is -2.03. The van der Waals surface area contributed by atoms with Crippen LogP contribution in [0, 0.1) is 0 Å². The summed E-state index contributed by atoms with van der Waals surface area (Å²) in [5.74, 6) is 0. The molecule has 0 spiro atoms. The van der Waals surface area contributed by atoms with E-state index in [1.54, 1.807) is 6.07 Å². The molecule has 0 aromatic heterocycles. The topological polar surface area (TPSA) is 20.2 Å². The van der Waals surface area contributed by atoms with Crippen LogP contribution in [0.2, 0.25) is 11.8 Å². The fourth-order valence-electron chi connectivity index (χ4n) is 0.993. The van der Waals surface area contributed by atoms with Crippen molar-refractivity contribution in [2.45, 2.75) is 13.4 Å². The Morgan fingerprint density at radius 3 is 2.82 bits per heavy atom. The van der Waals surface area contributed by atoms with Crippen molar-refractivity contribution in [3.05, 3.63) is 28.8 Å². The largest absolute Gasteiger partial charge is 0.392 e. The van der Waals surface area contributed by atoms with Gasteiger partial charge in [0.1, 0.15) is 7.28 Å². The first-order valence-electron chi connectivity index (χ1n) is 3.46. The Kier molecular flexibility index (Phi) is 2.97. The average Bonchev–Trinajstić information content (AvgIpc) is 2.04. The maximum atomic E-state index is 8.90. The predicted octanol–water partition coefficient (Wildman–Crippen LogP) is 1.21. The maximum Gasteiger partial charge on any atom is 0.148 e. The lowest BCUT2D eigenvalue weighted by molar-refractivity contribution is 0.283. The van der Waals surface area contributed by atoms with Crippen LogP contribution in [0.3, 0.4) is 0 Å². The minimum Gasteiger partial charge on any atom is -0.392 e. The van der Waals surface area contributed by atoms with Gasteiger partial charge >= 0.3 is 0 Å². The number of aliphatic hydroxyl groups excluding tert-OH is 1. The molecule has 1 aromatic carbocycles. The summed E-state index contributed by atoms with van der Waals surface area (Å²) >= 11 is 5.73. The molecule has 1 aromatic rings. The fourth-order valence-corrected chi connectivity index (χ4v) is 1.19. The number of rotatable bonds is 2. The standard InChI is InChI=1S/C8H9BClO/c1-9-8-3-2-7(10)4-6(8)5-11/h2-4,11H,5H2,1H3. The second-order valence-corrected chi connectivity index (χ2v) is 2.73. The first-order valence-corrected chi connectivity index (χ1v) is 3.84. The maximum absolute atomic E-state index is 8.90. The van der Waals surface area contributed by atoms with Crippen LogP contribution in [0.4, 0.5) is 0 Å². The van der Waals surface area contributed by atoms with Gasteiger partial charge in [0.2, 0.25) is 0 Å². The SMILES string of the molecule is C[B]c1ccc(Cl)cc1CO. The Hall–Kier alpha value is -0.465. The molecule has 1 radical (unpaired) electrons. The van der Waals surface area contributed by atoms with Gasteiger partial charge in [0, 0.05) is 5.02 Å². The zero-order valence-corrected chi connectivity index (χ0v) is 7.10. The second-order valence-electron chi connectivity index (χ2n) is 2.29. The Bertz CT molecular complexity index is 250. The summed E-state index contributed by atoms with van der Waals surface area (Å²) in [4.78, 5) is 0. The van der Waals surface area contributed by atoms with Crippen molar-refractivity contribution in [3.8, 4) is 0 Å². The molecule has 11 heavy (non-hydrogen) atoms. The van der Waals surface area contributed by atoms with Gasteiger partial charge in [-0.3, -0.25) is 0 Å². The van der Waals surface area contributed by atoms with E-state index in [2.05, 4.69) is 0 Å². The van der Waals surface area contributed by atoms with Gasteiger partial charge in [0.05, 0.1) is 6.61 Å². The molecular weight excluding hydrogens is 158 g/mol. The summed E-state index contributed by atoms with van der Waals surface area (Å²) in [6.45, 7) is 1.97. The smallest absolute Gasteiger partial charge is 0.148 e. The highest BCUT2D eigenvalue weighted by Gasteiger charge is 1.99. The molecule has 0 unspecified atom stereocenters. The van der Waals surface area contributed by atoms with E-state index in [1.807, 2.05) is 26.2 Å². The Morgan fingerprint density at radius 2 is 2.27 bits per heavy atom. The molecule has 0 saturated heterocycles. The lowest BCUT2D eigenvalue weighted by Crippen LogP contribution is -2.16. The third-order valence-corrected chi connectivity index (χ3v) is 1.82. The molecule has 1 nitrogen and oxygen atoms in total. The molecule has 0 aliphatic carbocycles. The molecule has 1 rings (SSSR count). The number of halogens is 1. The van der Waals surface area contributed by atoms with Crippen molar-refractivity contribution in [1.29, 1.82) is 0 Å². The van der Waals surface area contributed by atoms with E-state index in [4.69, 9.17) is 16.7 Å². The van der Waals surface area contributed by atoms with Crippen LogP contribution in [0.5, 0.6) is 0 Å². The summed E-state index contributed by atoms with van der Waals surface area (Å²) in [6.07, 6.45) is 0. The third kappa shape index (κ3) is 1.98. The van der Waals surface area contributed by atoms with Gasteiger partial charge in [-0.15, -0.1) is 0 Å². The van der Waals surface area contributed by atoms with Gasteiger partial charge in [-0.05, 0) is 17.7 Å². The predicted molar refractivity (Wildman–Crippen MR) is 48.6 cm³/mol. The quantitative estimate of drug-likeness (QED) is 0.657. The molecule has 0 aliphatic rings. The van der Waals surface area contributed by atoms with Crippen LogP contribution < -0.4 is 5.46 Å². The second kappa shape index (κ2) is 3.79. The number of aliphatic hydroxyl groups is 1. The van der Waals surface area contributed by atoms with Gasteiger partial charge in [-0.1, -0.05) is 30.0 Å². The van der Waals surface area contributed by atoms with E-state index < -0.39 is 0 Å². The molecule has 0 bridgehead atoms. The molecule has 57 valence electrons. The van der Waals surface area contributed by atoms with Gasteiger partial charge in [0.15, 0.2) is 0 Å². The molecule has 3 heteroatoms. The molecule has 0 saturated carbocycles. The third-order valence-electron chi connectivity index (χ3n) is 1.59. The number of benzene rings is 1. The van der Waals surface area contributed by atoms with E-state index in [0.717, 1.165) is 11.0 Å². The van der Waals surface area contributed by atoms with E-state index in [9.17, 15) is 0 Å². The van der Waals surface area contributed by atoms with Crippen LogP contribution in [-0.4, -0.2) is 12.4 Å². The van der Waals surface area contributed by atoms with Crippen molar-refractivity contribution in [2.75, 3.05) is 0 Å².